The highest BCUT2D eigenvalue weighted by Crippen LogP contribution is 2.24. The summed E-state index contributed by atoms with van der Waals surface area (Å²) in [6, 6.07) is 25.6. The zero-order valence-corrected chi connectivity index (χ0v) is 28.3. The van der Waals surface area contributed by atoms with Gasteiger partial charge in [-0.3, -0.25) is 4.79 Å². The van der Waals surface area contributed by atoms with Gasteiger partial charge in [-0.05, 0) is 87.8 Å². The van der Waals surface area contributed by atoms with Crippen LogP contribution in [0.1, 0.15) is 60.7 Å². The fourth-order valence-electron chi connectivity index (χ4n) is 4.67. The van der Waals surface area contributed by atoms with Gasteiger partial charge in [0.1, 0.15) is 28.9 Å². The van der Waals surface area contributed by atoms with Crippen molar-refractivity contribution in [2.75, 3.05) is 25.2 Å². The molecule has 0 radical (unpaired) electrons. The Balaban J connectivity index is 1.31. The Morgan fingerprint density at radius 2 is 1.56 bits per heavy atom. The van der Waals surface area contributed by atoms with Crippen molar-refractivity contribution in [2.45, 2.75) is 58.3 Å². The number of allylic oxidation sites excluding steroid dienone is 1. The number of hydrogen-bond donors (Lipinski definition) is 2. The Morgan fingerprint density at radius 3 is 2.23 bits per heavy atom. The average molecular weight is 620 g/mol. The van der Waals surface area contributed by atoms with E-state index in [1.54, 1.807) is 0 Å². The molecular weight excluding hydrogens is 573 g/mol. The second-order valence-electron chi connectivity index (χ2n) is 12.0. The van der Waals surface area contributed by atoms with Crippen molar-refractivity contribution in [3.63, 3.8) is 0 Å². The SMILES string of the molecule is C=C(C)c1cccc(C(C)(C)NC(=O)NCCC[Si](C)(C)O[S+](C)CCCOc2ccc(C(=O)c3ccccc3)cc2)c1. The number of amides is 2. The van der Waals surface area contributed by atoms with Crippen molar-refractivity contribution in [1.29, 1.82) is 0 Å². The Morgan fingerprint density at radius 1 is 0.907 bits per heavy atom. The molecule has 3 aromatic carbocycles. The molecule has 2 N–H and O–H groups in total. The molecule has 0 aliphatic rings. The summed E-state index contributed by atoms with van der Waals surface area (Å²) in [5.74, 6) is 1.70. The van der Waals surface area contributed by atoms with E-state index in [-0.39, 0.29) is 23.0 Å². The van der Waals surface area contributed by atoms with Crippen LogP contribution in [0.3, 0.4) is 0 Å². The molecule has 0 aliphatic carbocycles. The minimum absolute atomic E-state index is 0.00905. The third-order valence-electron chi connectivity index (χ3n) is 7.11. The van der Waals surface area contributed by atoms with Gasteiger partial charge in [0.2, 0.25) is 0 Å². The molecule has 0 heterocycles. The molecule has 3 rings (SSSR count). The van der Waals surface area contributed by atoms with Crippen LogP contribution in [0.25, 0.3) is 5.57 Å². The van der Waals surface area contributed by atoms with Crippen molar-refractivity contribution < 1.29 is 18.2 Å². The van der Waals surface area contributed by atoms with Crippen molar-refractivity contribution in [1.82, 2.24) is 10.6 Å². The van der Waals surface area contributed by atoms with Crippen LogP contribution < -0.4 is 15.4 Å². The van der Waals surface area contributed by atoms with E-state index in [1.165, 1.54) is 0 Å². The van der Waals surface area contributed by atoms with Crippen LogP contribution in [-0.2, 0) is 20.6 Å². The van der Waals surface area contributed by atoms with Crippen LogP contribution >= 0.6 is 0 Å². The summed E-state index contributed by atoms with van der Waals surface area (Å²) < 4.78 is 12.4. The van der Waals surface area contributed by atoms with Crippen molar-refractivity contribution >= 4 is 36.9 Å². The van der Waals surface area contributed by atoms with Gasteiger partial charge in [-0.15, -0.1) is 0 Å². The van der Waals surface area contributed by atoms with Crippen LogP contribution in [0.2, 0.25) is 19.1 Å². The summed E-state index contributed by atoms with van der Waals surface area (Å²) in [5, 5.41) is 6.11. The molecule has 6 nitrogen and oxygen atoms in total. The van der Waals surface area contributed by atoms with Gasteiger partial charge in [-0.25, -0.2) is 8.67 Å². The lowest BCUT2D eigenvalue weighted by Crippen LogP contribution is -2.47. The van der Waals surface area contributed by atoms with Crippen LogP contribution in [-0.4, -0.2) is 45.3 Å². The number of benzene rings is 3. The topological polar surface area (TPSA) is 76.7 Å². The van der Waals surface area contributed by atoms with E-state index in [9.17, 15) is 9.59 Å². The van der Waals surface area contributed by atoms with Gasteiger partial charge in [-0.1, -0.05) is 60.7 Å². The number of carbonyl (C=O) groups is 2. The first kappa shape index (κ1) is 34.2. The Kier molecular flexibility index (Phi) is 12.7. The lowest BCUT2D eigenvalue weighted by Gasteiger charge is -2.27. The Hall–Kier alpha value is -3.33. The fourth-order valence-corrected chi connectivity index (χ4v) is 9.97. The fraction of sp³-hybridized carbons (Fsp3) is 0.371. The van der Waals surface area contributed by atoms with Crippen molar-refractivity contribution in [3.05, 3.63) is 108 Å². The number of nitrogens with one attached hydrogen (secondary N) is 2. The first-order chi connectivity index (χ1) is 20.4. The highest BCUT2D eigenvalue weighted by Gasteiger charge is 2.32. The monoisotopic (exact) mass is 619 g/mol. The van der Waals surface area contributed by atoms with Gasteiger partial charge in [0.05, 0.1) is 12.1 Å². The van der Waals surface area contributed by atoms with Crippen LogP contribution in [0.5, 0.6) is 5.75 Å². The van der Waals surface area contributed by atoms with Gasteiger partial charge in [-0.2, -0.15) is 0 Å². The smallest absolute Gasteiger partial charge is 0.315 e. The zero-order valence-electron chi connectivity index (χ0n) is 26.5. The molecule has 0 bridgehead atoms. The predicted octanol–water partition coefficient (Wildman–Crippen LogP) is 7.73. The molecule has 0 fully saturated rings. The van der Waals surface area contributed by atoms with Gasteiger partial charge >= 0.3 is 6.03 Å². The third kappa shape index (κ3) is 11.4. The molecular formula is C35H47N2O4SSi+. The number of ether oxygens (including phenoxy) is 1. The van der Waals surface area contributed by atoms with E-state index < -0.39 is 13.9 Å². The maximum absolute atomic E-state index is 12.6. The highest BCUT2D eigenvalue weighted by atomic mass is 32.2. The molecule has 0 aromatic heterocycles. The lowest BCUT2D eigenvalue weighted by molar-refractivity contribution is 0.103. The maximum atomic E-state index is 12.6. The minimum atomic E-state index is -1.86. The molecule has 230 valence electrons. The van der Waals surface area contributed by atoms with Crippen LogP contribution in [0, 0.1) is 0 Å². The quantitative estimate of drug-likeness (QED) is 0.0745. The van der Waals surface area contributed by atoms with Crippen molar-refractivity contribution in [3.8, 4) is 5.75 Å². The van der Waals surface area contributed by atoms with Gasteiger partial charge < -0.3 is 15.4 Å². The Bertz CT molecular complexity index is 1360. The largest absolute Gasteiger partial charge is 0.493 e. The molecule has 0 saturated heterocycles. The average Bonchev–Trinajstić information content (AvgIpc) is 2.97. The molecule has 1 unspecified atom stereocenters. The van der Waals surface area contributed by atoms with Crippen LogP contribution in [0.4, 0.5) is 4.79 Å². The minimum Gasteiger partial charge on any atom is -0.493 e. The zero-order chi connectivity index (χ0) is 31.5. The molecule has 0 saturated carbocycles. The van der Waals surface area contributed by atoms with Crippen molar-refractivity contribution in [2.24, 2.45) is 0 Å². The molecule has 3 aromatic rings. The summed E-state index contributed by atoms with van der Waals surface area (Å²) in [4.78, 5) is 25.2. The van der Waals surface area contributed by atoms with E-state index in [1.807, 2.05) is 93.6 Å². The first-order valence-electron chi connectivity index (χ1n) is 14.8. The van der Waals surface area contributed by atoms with Gasteiger partial charge in [0, 0.05) is 24.1 Å². The van der Waals surface area contributed by atoms with E-state index in [0.29, 0.717) is 24.3 Å². The normalized spacial score (nSPS) is 12.3. The lowest BCUT2D eigenvalue weighted by atomic mass is 9.92. The number of carbonyl (C=O) groups excluding carboxylic acids is 2. The van der Waals surface area contributed by atoms with E-state index in [2.05, 4.69) is 42.6 Å². The summed E-state index contributed by atoms with van der Waals surface area (Å²) >= 11 is -0.152. The van der Waals surface area contributed by atoms with Gasteiger partial charge in [0.15, 0.2) is 5.78 Å². The summed E-state index contributed by atoms with van der Waals surface area (Å²) in [5.41, 5.74) is 3.94. The maximum Gasteiger partial charge on any atom is 0.315 e. The standard InChI is InChI=1S/C35H46N2O4SSi/c1-27(2)30-16-11-17-31(26-30)35(3,4)37-34(39)36-22-12-25-43(6,7)41-42(5)24-13-23-40-32-20-18-29(19-21-32)33(38)28-14-9-8-10-15-28/h8-11,14-21,26H,1,12-13,22-25H2,2-7H3,(H-,36,37,39)/p+1. The predicted molar refractivity (Wildman–Crippen MR) is 183 cm³/mol. The molecule has 43 heavy (non-hydrogen) atoms. The molecule has 8 heteroatoms. The summed E-state index contributed by atoms with van der Waals surface area (Å²) in [6.45, 7) is 15.7. The number of urea groups is 1. The molecule has 2 amide bonds. The number of rotatable bonds is 16. The summed E-state index contributed by atoms with van der Waals surface area (Å²) in [6.07, 6.45) is 3.91. The third-order valence-corrected chi connectivity index (χ3v) is 12.5. The second kappa shape index (κ2) is 15.9. The molecule has 1 atom stereocenters. The number of hydrogen-bond acceptors (Lipinski definition) is 4. The molecule has 0 aliphatic heterocycles. The van der Waals surface area contributed by atoms with E-state index in [4.69, 9.17) is 8.61 Å². The Labute approximate surface area is 262 Å². The van der Waals surface area contributed by atoms with Crippen LogP contribution in [0.15, 0.2) is 85.4 Å². The highest BCUT2D eigenvalue weighted by molar-refractivity contribution is 7.92. The number of ketones is 1. The van der Waals surface area contributed by atoms with E-state index in [0.717, 1.165) is 47.1 Å². The van der Waals surface area contributed by atoms with Gasteiger partial charge in [0.25, 0.3) is 8.32 Å². The second-order valence-corrected chi connectivity index (χ2v) is 18.3. The summed E-state index contributed by atoms with van der Waals surface area (Å²) in [7, 11) is -1.86. The molecule has 0 spiro atoms. The van der Waals surface area contributed by atoms with E-state index >= 15 is 0 Å². The first-order valence-corrected chi connectivity index (χ1v) is 19.7.